The van der Waals surface area contributed by atoms with Crippen molar-refractivity contribution in [2.75, 3.05) is 5.73 Å². The third-order valence-corrected chi connectivity index (χ3v) is 3.13. The summed E-state index contributed by atoms with van der Waals surface area (Å²) in [6, 6.07) is 4.27. The van der Waals surface area contributed by atoms with E-state index in [-0.39, 0.29) is 21.7 Å². The maximum atomic E-state index is 13.2. The van der Waals surface area contributed by atoms with Gasteiger partial charge in [-0.15, -0.1) is 0 Å². The minimum Gasteiger partial charge on any atom is -0.455 e. The third kappa shape index (κ3) is 3.44. The zero-order chi connectivity index (χ0) is 15.8. The minimum absolute atomic E-state index is 0.0323. The van der Waals surface area contributed by atoms with Crippen molar-refractivity contribution in [3.05, 3.63) is 52.0 Å². The Morgan fingerprint density at radius 2 is 1.67 bits per heavy atom. The van der Waals surface area contributed by atoms with E-state index in [0.29, 0.717) is 12.1 Å². The fourth-order valence-electron chi connectivity index (χ4n) is 1.54. The van der Waals surface area contributed by atoms with Gasteiger partial charge in [0.05, 0.1) is 15.7 Å². The van der Waals surface area contributed by atoms with Crippen LogP contribution < -0.4 is 10.5 Å². The summed E-state index contributed by atoms with van der Waals surface area (Å²) >= 11 is 2.90. The van der Waals surface area contributed by atoms with Crippen LogP contribution in [0.15, 0.2) is 34.8 Å². The number of hydrogen-bond donors (Lipinski definition) is 1. The summed E-state index contributed by atoms with van der Waals surface area (Å²) in [6.07, 6.45) is -4.85. The highest BCUT2D eigenvalue weighted by Crippen LogP contribution is 2.36. The predicted octanol–water partition coefficient (Wildman–Crippen LogP) is 5.12. The number of anilines is 1. The number of benzene rings is 2. The van der Waals surface area contributed by atoms with Crippen LogP contribution in [0.3, 0.4) is 0 Å². The Bertz CT molecular complexity index is 687. The molecule has 0 aliphatic heterocycles. The smallest absolute Gasteiger partial charge is 0.419 e. The van der Waals surface area contributed by atoms with Gasteiger partial charge in [0.2, 0.25) is 0 Å². The van der Waals surface area contributed by atoms with Crippen LogP contribution in [0.4, 0.5) is 27.6 Å². The van der Waals surface area contributed by atoms with E-state index in [4.69, 9.17) is 10.5 Å². The van der Waals surface area contributed by atoms with Gasteiger partial charge in [-0.1, -0.05) is 0 Å². The van der Waals surface area contributed by atoms with Gasteiger partial charge in [-0.25, -0.2) is 8.78 Å². The summed E-state index contributed by atoms with van der Waals surface area (Å²) in [4.78, 5) is 0. The first-order valence-electron chi connectivity index (χ1n) is 5.47. The van der Waals surface area contributed by atoms with Gasteiger partial charge in [0.1, 0.15) is 17.4 Å². The van der Waals surface area contributed by atoms with Gasteiger partial charge in [0.25, 0.3) is 0 Å². The molecule has 0 heterocycles. The van der Waals surface area contributed by atoms with Crippen molar-refractivity contribution in [1.29, 1.82) is 0 Å². The fraction of sp³-hybridized carbons (Fsp3) is 0.0769. The average molecular weight is 368 g/mol. The van der Waals surface area contributed by atoms with Crippen molar-refractivity contribution >= 4 is 21.6 Å². The first-order valence-corrected chi connectivity index (χ1v) is 6.27. The monoisotopic (exact) mass is 367 g/mol. The molecule has 2 aromatic rings. The highest BCUT2D eigenvalue weighted by molar-refractivity contribution is 9.10. The van der Waals surface area contributed by atoms with E-state index in [1.807, 2.05) is 0 Å². The molecule has 112 valence electrons. The van der Waals surface area contributed by atoms with Crippen LogP contribution in [0.25, 0.3) is 0 Å². The van der Waals surface area contributed by atoms with Crippen LogP contribution in [0, 0.1) is 11.6 Å². The van der Waals surface area contributed by atoms with Crippen molar-refractivity contribution in [3.8, 4) is 11.5 Å². The van der Waals surface area contributed by atoms with Crippen molar-refractivity contribution in [2.24, 2.45) is 0 Å². The van der Waals surface area contributed by atoms with Crippen molar-refractivity contribution in [2.45, 2.75) is 6.18 Å². The largest absolute Gasteiger partial charge is 0.455 e. The lowest BCUT2D eigenvalue weighted by molar-refractivity contribution is -0.140. The maximum absolute atomic E-state index is 13.2. The summed E-state index contributed by atoms with van der Waals surface area (Å²) in [5, 5.41) is 0. The van der Waals surface area contributed by atoms with Crippen LogP contribution in [-0.4, -0.2) is 0 Å². The van der Waals surface area contributed by atoms with E-state index >= 15 is 0 Å². The van der Waals surface area contributed by atoms with E-state index in [1.54, 1.807) is 0 Å². The van der Waals surface area contributed by atoms with Crippen molar-refractivity contribution in [1.82, 2.24) is 0 Å². The van der Waals surface area contributed by atoms with Gasteiger partial charge < -0.3 is 10.5 Å². The Hall–Kier alpha value is -1.83. The molecule has 0 amide bonds. The molecule has 0 spiro atoms. The molecular weight excluding hydrogens is 361 g/mol. The van der Waals surface area contributed by atoms with Crippen LogP contribution in [0.2, 0.25) is 0 Å². The second-order valence-corrected chi connectivity index (χ2v) is 4.90. The van der Waals surface area contributed by atoms with Gasteiger partial charge in [-0.05, 0) is 34.1 Å². The van der Waals surface area contributed by atoms with Gasteiger partial charge in [-0.2, -0.15) is 13.2 Å². The van der Waals surface area contributed by atoms with Crippen LogP contribution in [0.5, 0.6) is 11.5 Å². The molecule has 2 nitrogen and oxygen atoms in total. The highest BCUT2D eigenvalue weighted by Gasteiger charge is 2.34. The molecular formula is C13H7BrF5NO. The average Bonchev–Trinajstić information content (AvgIpc) is 2.37. The Morgan fingerprint density at radius 1 is 1.00 bits per heavy atom. The SMILES string of the molecule is Nc1cc(F)c(Br)cc1Oc1ccc(F)c(C(F)(F)F)c1. The zero-order valence-electron chi connectivity index (χ0n) is 10.1. The van der Waals surface area contributed by atoms with E-state index in [2.05, 4.69) is 15.9 Å². The minimum atomic E-state index is -4.85. The molecule has 0 radical (unpaired) electrons. The number of nitrogen functional groups attached to an aromatic ring is 1. The molecule has 0 unspecified atom stereocenters. The quantitative estimate of drug-likeness (QED) is 0.590. The summed E-state index contributed by atoms with van der Waals surface area (Å²) in [5.41, 5.74) is 3.95. The fourth-order valence-corrected chi connectivity index (χ4v) is 1.87. The second kappa shape index (κ2) is 5.51. The molecule has 21 heavy (non-hydrogen) atoms. The molecule has 0 fully saturated rings. The number of hydrogen-bond acceptors (Lipinski definition) is 2. The standard InChI is InChI=1S/C13H7BrF5NO/c14-8-4-12(11(20)5-10(8)16)21-6-1-2-9(15)7(3-6)13(17,18)19/h1-5H,20H2. The predicted molar refractivity (Wildman–Crippen MR) is 70.0 cm³/mol. The second-order valence-electron chi connectivity index (χ2n) is 4.05. The molecule has 2 rings (SSSR count). The van der Waals surface area contributed by atoms with Gasteiger partial charge in [0, 0.05) is 12.1 Å². The molecule has 0 saturated heterocycles. The Morgan fingerprint density at radius 3 is 2.29 bits per heavy atom. The molecule has 0 atom stereocenters. The molecule has 0 aliphatic carbocycles. The number of alkyl halides is 3. The first kappa shape index (κ1) is 15.6. The van der Waals surface area contributed by atoms with E-state index in [0.717, 1.165) is 12.1 Å². The molecule has 0 saturated carbocycles. The number of nitrogens with two attached hydrogens (primary N) is 1. The maximum Gasteiger partial charge on any atom is 0.419 e. The summed E-state index contributed by atoms with van der Waals surface area (Å²) in [7, 11) is 0. The lowest BCUT2D eigenvalue weighted by atomic mass is 10.2. The number of halogens is 6. The normalized spacial score (nSPS) is 11.5. The Labute approximate surface area is 124 Å². The first-order chi connectivity index (χ1) is 9.68. The van der Waals surface area contributed by atoms with Crippen LogP contribution >= 0.6 is 15.9 Å². The molecule has 0 bridgehead atoms. The zero-order valence-corrected chi connectivity index (χ0v) is 11.7. The van der Waals surface area contributed by atoms with Gasteiger partial charge in [0.15, 0.2) is 5.75 Å². The highest BCUT2D eigenvalue weighted by atomic mass is 79.9. The third-order valence-electron chi connectivity index (χ3n) is 2.52. The van der Waals surface area contributed by atoms with E-state index in [9.17, 15) is 22.0 Å². The topological polar surface area (TPSA) is 35.2 Å². The molecule has 8 heteroatoms. The summed E-state index contributed by atoms with van der Waals surface area (Å²) < 4.78 is 69.3. The number of rotatable bonds is 2. The Balaban J connectivity index is 2.39. The number of ether oxygens (including phenoxy) is 1. The van der Waals surface area contributed by atoms with Gasteiger partial charge >= 0.3 is 6.18 Å². The van der Waals surface area contributed by atoms with Crippen LogP contribution in [-0.2, 0) is 6.18 Å². The van der Waals surface area contributed by atoms with Crippen molar-refractivity contribution < 1.29 is 26.7 Å². The van der Waals surface area contributed by atoms with Gasteiger partial charge in [-0.3, -0.25) is 0 Å². The lowest BCUT2D eigenvalue weighted by Crippen LogP contribution is -2.08. The molecule has 0 aliphatic rings. The molecule has 2 aromatic carbocycles. The van der Waals surface area contributed by atoms with Crippen LogP contribution in [0.1, 0.15) is 5.56 Å². The molecule has 0 aromatic heterocycles. The summed E-state index contributed by atoms with van der Waals surface area (Å²) in [6.45, 7) is 0. The Kier molecular flexibility index (Phi) is 4.08. The lowest BCUT2D eigenvalue weighted by Gasteiger charge is -2.12. The van der Waals surface area contributed by atoms with Crippen molar-refractivity contribution in [3.63, 3.8) is 0 Å². The van der Waals surface area contributed by atoms with E-state index < -0.39 is 23.4 Å². The van der Waals surface area contributed by atoms with E-state index in [1.165, 1.54) is 6.07 Å². The summed E-state index contributed by atoms with van der Waals surface area (Å²) in [5.74, 6) is -2.38. The molecule has 2 N–H and O–H groups in total.